The predicted octanol–water partition coefficient (Wildman–Crippen LogP) is 2.26. The number of H-pyrrole nitrogens is 1. The topological polar surface area (TPSA) is 117 Å². The van der Waals surface area contributed by atoms with Crippen molar-refractivity contribution in [2.45, 2.75) is 23.4 Å². The van der Waals surface area contributed by atoms with Gasteiger partial charge in [0.05, 0.1) is 18.6 Å². The number of hydrogen-bond acceptors (Lipinski definition) is 7. The van der Waals surface area contributed by atoms with E-state index in [1.807, 2.05) is 37.3 Å². The van der Waals surface area contributed by atoms with Crippen LogP contribution in [0.3, 0.4) is 0 Å². The number of aryl methyl sites for hydroxylation is 1. The van der Waals surface area contributed by atoms with Crippen LogP contribution >= 0.6 is 11.8 Å². The molecule has 2 aromatic carbocycles. The van der Waals surface area contributed by atoms with Crippen LogP contribution in [0.25, 0.3) is 0 Å². The molecule has 0 bridgehead atoms. The van der Waals surface area contributed by atoms with Gasteiger partial charge in [0, 0.05) is 18.8 Å². The fourth-order valence-electron chi connectivity index (χ4n) is 3.02. The van der Waals surface area contributed by atoms with Crippen molar-refractivity contribution >= 4 is 27.7 Å². The zero-order chi connectivity index (χ0) is 23.7. The number of aromatic amines is 1. The first-order chi connectivity index (χ1) is 15.9. The number of nitrogens with one attached hydrogen (secondary N) is 2. The maximum absolute atomic E-state index is 13.3. The molecule has 0 aliphatic rings. The molecule has 0 saturated carbocycles. The molecule has 3 aromatic rings. The van der Waals surface area contributed by atoms with Gasteiger partial charge >= 0.3 is 0 Å². The summed E-state index contributed by atoms with van der Waals surface area (Å²) in [5.41, 5.74) is 0.992. The van der Waals surface area contributed by atoms with Crippen LogP contribution in [0.2, 0.25) is 0 Å². The van der Waals surface area contributed by atoms with E-state index in [1.165, 1.54) is 35.3 Å². The fourth-order valence-corrected chi connectivity index (χ4v) is 5.11. The molecule has 33 heavy (non-hydrogen) atoms. The molecule has 0 atom stereocenters. The fraction of sp³-hybridized carbons (Fsp3) is 0.318. The van der Waals surface area contributed by atoms with Gasteiger partial charge in [0.2, 0.25) is 21.1 Å². The molecule has 2 N–H and O–H groups in total. The van der Waals surface area contributed by atoms with E-state index in [0.717, 1.165) is 11.4 Å². The monoisotopic (exact) mass is 489 g/mol. The van der Waals surface area contributed by atoms with Crippen molar-refractivity contribution in [2.24, 2.45) is 0 Å². The highest BCUT2D eigenvalue weighted by Gasteiger charge is 2.26. The molecule has 0 saturated heterocycles. The van der Waals surface area contributed by atoms with Gasteiger partial charge in [-0.2, -0.15) is 4.31 Å². The average Bonchev–Trinajstić information content (AvgIpc) is 3.25. The first kappa shape index (κ1) is 24.7. The quantitative estimate of drug-likeness (QED) is 0.296. The van der Waals surface area contributed by atoms with Crippen molar-refractivity contribution in [1.29, 1.82) is 0 Å². The Labute approximate surface area is 198 Å². The minimum Gasteiger partial charge on any atom is -0.497 e. The third-order valence-corrected chi connectivity index (χ3v) is 7.45. The third kappa shape index (κ3) is 7.31. The molecule has 0 unspecified atom stereocenters. The number of thioether (sulfide) groups is 1. The summed E-state index contributed by atoms with van der Waals surface area (Å²) in [7, 11) is -2.36. The largest absolute Gasteiger partial charge is 0.497 e. The summed E-state index contributed by atoms with van der Waals surface area (Å²) in [6, 6.07) is 15.7. The van der Waals surface area contributed by atoms with Gasteiger partial charge in [-0.3, -0.25) is 9.89 Å². The van der Waals surface area contributed by atoms with E-state index in [2.05, 4.69) is 20.5 Å². The number of carbonyl (C=O) groups is 1. The van der Waals surface area contributed by atoms with E-state index in [-0.39, 0.29) is 23.9 Å². The molecular formula is C22H27N5O4S2. The third-order valence-electron chi connectivity index (χ3n) is 4.74. The van der Waals surface area contributed by atoms with Crippen molar-refractivity contribution < 1.29 is 17.9 Å². The van der Waals surface area contributed by atoms with Crippen LogP contribution in [0.4, 0.5) is 0 Å². The van der Waals surface area contributed by atoms with E-state index in [0.29, 0.717) is 29.6 Å². The second-order valence-electron chi connectivity index (χ2n) is 7.15. The van der Waals surface area contributed by atoms with Gasteiger partial charge in [0.1, 0.15) is 11.6 Å². The highest BCUT2D eigenvalue weighted by atomic mass is 32.2. The van der Waals surface area contributed by atoms with Gasteiger partial charge < -0.3 is 10.1 Å². The molecule has 0 aliphatic carbocycles. The summed E-state index contributed by atoms with van der Waals surface area (Å²) < 4.78 is 32.9. The summed E-state index contributed by atoms with van der Waals surface area (Å²) >= 11 is 1.40. The minimum atomic E-state index is -3.87. The zero-order valence-electron chi connectivity index (χ0n) is 18.5. The molecular weight excluding hydrogens is 462 g/mol. The number of benzene rings is 2. The number of nitrogens with zero attached hydrogens (tertiary/aromatic N) is 3. The molecule has 1 amide bonds. The first-order valence-electron chi connectivity index (χ1n) is 10.3. The molecule has 0 aliphatic heterocycles. The van der Waals surface area contributed by atoms with Crippen molar-refractivity contribution in [2.75, 3.05) is 32.5 Å². The molecule has 1 aromatic heterocycles. The molecule has 0 spiro atoms. The van der Waals surface area contributed by atoms with Crippen LogP contribution in [-0.4, -0.2) is 66.3 Å². The van der Waals surface area contributed by atoms with Gasteiger partial charge in [-0.25, -0.2) is 13.4 Å². The van der Waals surface area contributed by atoms with Crippen LogP contribution < -0.4 is 10.1 Å². The Morgan fingerprint density at radius 3 is 2.52 bits per heavy atom. The number of rotatable bonds is 12. The molecule has 176 valence electrons. The first-order valence-corrected chi connectivity index (χ1v) is 12.8. The smallest absolute Gasteiger partial charge is 0.243 e. The average molecular weight is 490 g/mol. The number of aromatic nitrogens is 3. The van der Waals surface area contributed by atoms with E-state index < -0.39 is 10.0 Å². The highest BCUT2D eigenvalue weighted by Crippen LogP contribution is 2.20. The number of methoxy groups -OCH3 is 1. The summed E-state index contributed by atoms with van der Waals surface area (Å²) in [6.45, 7) is 2.08. The van der Waals surface area contributed by atoms with Gasteiger partial charge in [-0.1, -0.05) is 42.1 Å². The molecule has 0 radical (unpaired) electrons. The number of amides is 1. The number of sulfonamides is 1. The lowest BCUT2D eigenvalue weighted by Crippen LogP contribution is -2.42. The second kappa shape index (κ2) is 11.8. The number of ether oxygens (including phenoxy) is 1. The molecule has 9 nitrogen and oxygen atoms in total. The van der Waals surface area contributed by atoms with E-state index in [4.69, 9.17) is 4.74 Å². The Bertz CT molecular complexity index is 1140. The maximum Gasteiger partial charge on any atom is 0.243 e. The SMILES string of the molecule is COc1ccc(S(=O)(=O)N(CCc2ccccc2)CC(=O)NCCSc2n[nH]c(C)n2)cc1. The second-order valence-corrected chi connectivity index (χ2v) is 10.2. The van der Waals surface area contributed by atoms with Crippen LogP contribution in [0.5, 0.6) is 5.75 Å². The molecule has 0 fully saturated rings. The summed E-state index contributed by atoms with van der Waals surface area (Å²) in [4.78, 5) is 16.9. The lowest BCUT2D eigenvalue weighted by molar-refractivity contribution is -0.121. The van der Waals surface area contributed by atoms with Gasteiger partial charge in [-0.05, 0) is 43.2 Å². The van der Waals surface area contributed by atoms with E-state index in [1.54, 1.807) is 12.1 Å². The van der Waals surface area contributed by atoms with E-state index >= 15 is 0 Å². The summed E-state index contributed by atoms with van der Waals surface area (Å²) in [5.74, 6) is 1.48. The molecule has 1 heterocycles. The van der Waals surface area contributed by atoms with E-state index in [9.17, 15) is 13.2 Å². The van der Waals surface area contributed by atoms with Crippen LogP contribution in [-0.2, 0) is 21.2 Å². The molecule has 11 heteroatoms. The maximum atomic E-state index is 13.3. The standard InChI is InChI=1S/C22H27N5O4S2/c1-17-24-22(26-25-17)32-15-13-23-21(28)16-27(14-12-18-6-4-3-5-7-18)33(29,30)20-10-8-19(31-2)9-11-20/h3-11H,12-16H2,1-2H3,(H,23,28)(H,24,25,26). The van der Waals surface area contributed by atoms with Crippen LogP contribution in [0, 0.1) is 6.92 Å². The van der Waals surface area contributed by atoms with Crippen molar-refractivity contribution in [1.82, 2.24) is 24.8 Å². The lowest BCUT2D eigenvalue weighted by Gasteiger charge is -2.22. The lowest BCUT2D eigenvalue weighted by atomic mass is 10.1. The van der Waals surface area contributed by atoms with Gasteiger partial charge in [-0.15, -0.1) is 5.10 Å². The normalized spacial score (nSPS) is 11.5. The Balaban J connectivity index is 1.64. The summed E-state index contributed by atoms with van der Waals surface area (Å²) in [5, 5.41) is 10.2. The minimum absolute atomic E-state index is 0.111. The highest BCUT2D eigenvalue weighted by molar-refractivity contribution is 7.99. The number of hydrogen-bond donors (Lipinski definition) is 2. The Hall–Kier alpha value is -2.89. The zero-order valence-corrected chi connectivity index (χ0v) is 20.2. The van der Waals surface area contributed by atoms with Crippen molar-refractivity contribution in [3.05, 3.63) is 66.0 Å². The summed E-state index contributed by atoms with van der Waals surface area (Å²) in [6.07, 6.45) is 0.490. The Kier molecular flexibility index (Phi) is 8.87. The Morgan fingerprint density at radius 1 is 1.15 bits per heavy atom. The Morgan fingerprint density at radius 2 is 1.88 bits per heavy atom. The van der Waals surface area contributed by atoms with Gasteiger partial charge in [0.25, 0.3) is 0 Å². The van der Waals surface area contributed by atoms with Crippen LogP contribution in [0.1, 0.15) is 11.4 Å². The van der Waals surface area contributed by atoms with Gasteiger partial charge in [0.15, 0.2) is 0 Å². The predicted molar refractivity (Wildman–Crippen MR) is 127 cm³/mol. The van der Waals surface area contributed by atoms with Crippen molar-refractivity contribution in [3.8, 4) is 5.75 Å². The van der Waals surface area contributed by atoms with Crippen molar-refractivity contribution in [3.63, 3.8) is 0 Å². The van der Waals surface area contributed by atoms with Crippen LogP contribution in [0.15, 0.2) is 64.6 Å². The number of carbonyl (C=O) groups excluding carboxylic acids is 1. The molecule has 3 rings (SSSR count).